The van der Waals surface area contributed by atoms with E-state index in [0.29, 0.717) is 28.1 Å². The molecule has 0 atom stereocenters. The SMILES string of the molecule is Cc1c(-c2nc3ccc(F)cn3n2)[nH]c2ccccc2c1=O. The Morgan fingerprint density at radius 1 is 1.18 bits per heavy atom. The van der Waals surface area contributed by atoms with Gasteiger partial charge in [0.2, 0.25) is 0 Å². The molecule has 0 aliphatic heterocycles. The van der Waals surface area contributed by atoms with E-state index >= 15 is 0 Å². The van der Waals surface area contributed by atoms with Gasteiger partial charge in [0.15, 0.2) is 16.9 Å². The fraction of sp³-hybridized carbons (Fsp3) is 0.0625. The summed E-state index contributed by atoms with van der Waals surface area (Å²) in [4.78, 5) is 20.0. The molecule has 3 heterocycles. The van der Waals surface area contributed by atoms with Crippen molar-refractivity contribution < 1.29 is 4.39 Å². The highest BCUT2D eigenvalue weighted by molar-refractivity contribution is 5.82. The zero-order chi connectivity index (χ0) is 15.3. The number of H-pyrrole nitrogens is 1. The number of pyridine rings is 2. The highest BCUT2D eigenvalue weighted by Crippen LogP contribution is 2.19. The first-order valence-electron chi connectivity index (χ1n) is 6.77. The molecule has 0 saturated heterocycles. The molecule has 0 amide bonds. The number of halogens is 1. The number of aromatic amines is 1. The molecular formula is C16H11FN4O. The maximum absolute atomic E-state index is 13.3. The molecule has 0 saturated carbocycles. The Morgan fingerprint density at radius 2 is 2.00 bits per heavy atom. The molecule has 6 heteroatoms. The van der Waals surface area contributed by atoms with Gasteiger partial charge in [0, 0.05) is 16.5 Å². The Morgan fingerprint density at radius 3 is 2.86 bits per heavy atom. The van der Waals surface area contributed by atoms with Crippen molar-refractivity contribution in [2.75, 3.05) is 0 Å². The molecule has 108 valence electrons. The van der Waals surface area contributed by atoms with E-state index in [1.807, 2.05) is 18.2 Å². The van der Waals surface area contributed by atoms with Gasteiger partial charge in [-0.05, 0) is 31.2 Å². The Labute approximate surface area is 124 Å². The van der Waals surface area contributed by atoms with Crippen molar-refractivity contribution in [1.82, 2.24) is 19.6 Å². The molecule has 0 unspecified atom stereocenters. The number of hydrogen-bond donors (Lipinski definition) is 1. The minimum absolute atomic E-state index is 0.0608. The minimum atomic E-state index is -0.396. The molecule has 0 aliphatic rings. The number of nitrogens with one attached hydrogen (secondary N) is 1. The van der Waals surface area contributed by atoms with Crippen LogP contribution in [0.4, 0.5) is 4.39 Å². The summed E-state index contributed by atoms with van der Waals surface area (Å²) in [6.45, 7) is 1.73. The minimum Gasteiger partial charge on any atom is -0.351 e. The molecule has 0 spiro atoms. The topological polar surface area (TPSA) is 63.1 Å². The molecule has 4 aromatic rings. The van der Waals surface area contributed by atoms with Crippen LogP contribution in [0, 0.1) is 12.7 Å². The van der Waals surface area contributed by atoms with E-state index < -0.39 is 5.82 Å². The molecule has 1 N–H and O–H groups in total. The lowest BCUT2D eigenvalue weighted by molar-refractivity contribution is 0.615. The van der Waals surface area contributed by atoms with Crippen LogP contribution in [0.3, 0.4) is 0 Å². The van der Waals surface area contributed by atoms with Gasteiger partial charge < -0.3 is 4.98 Å². The summed E-state index contributed by atoms with van der Waals surface area (Å²) < 4.78 is 14.6. The highest BCUT2D eigenvalue weighted by atomic mass is 19.1. The van der Waals surface area contributed by atoms with Gasteiger partial charge in [-0.15, -0.1) is 5.10 Å². The van der Waals surface area contributed by atoms with E-state index in [4.69, 9.17) is 0 Å². The molecule has 0 bridgehead atoms. The van der Waals surface area contributed by atoms with Gasteiger partial charge in [-0.1, -0.05) is 12.1 Å². The summed E-state index contributed by atoms with van der Waals surface area (Å²) in [5, 5.41) is 4.87. The zero-order valence-electron chi connectivity index (χ0n) is 11.7. The van der Waals surface area contributed by atoms with E-state index in [1.165, 1.54) is 16.8 Å². The number of rotatable bonds is 1. The van der Waals surface area contributed by atoms with E-state index in [2.05, 4.69) is 15.1 Å². The molecule has 5 nitrogen and oxygen atoms in total. The monoisotopic (exact) mass is 294 g/mol. The summed E-state index contributed by atoms with van der Waals surface area (Å²) in [5.74, 6) is -0.0290. The van der Waals surface area contributed by atoms with Crippen molar-refractivity contribution in [3.05, 3.63) is 64.2 Å². The van der Waals surface area contributed by atoms with Gasteiger partial charge in [0.1, 0.15) is 5.82 Å². The molecule has 1 aromatic carbocycles. The summed E-state index contributed by atoms with van der Waals surface area (Å²) in [7, 11) is 0. The van der Waals surface area contributed by atoms with Crippen LogP contribution in [-0.4, -0.2) is 19.6 Å². The maximum atomic E-state index is 13.3. The quantitative estimate of drug-likeness (QED) is 0.587. The average Bonchev–Trinajstić information content (AvgIpc) is 2.93. The normalized spacial score (nSPS) is 11.4. The lowest BCUT2D eigenvalue weighted by Gasteiger charge is -2.04. The zero-order valence-corrected chi connectivity index (χ0v) is 11.7. The van der Waals surface area contributed by atoms with Crippen molar-refractivity contribution in [1.29, 1.82) is 0 Å². The molecule has 4 rings (SSSR count). The van der Waals surface area contributed by atoms with Crippen molar-refractivity contribution in [2.24, 2.45) is 0 Å². The number of nitrogens with zero attached hydrogens (tertiary/aromatic N) is 3. The largest absolute Gasteiger partial charge is 0.351 e. The molecule has 3 aromatic heterocycles. The lowest BCUT2D eigenvalue weighted by Crippen LogP contribution is -2.09. The van der Waals surface area contributed by atoms with Crippen molar-refractivity contribution in [2.45, 2.75) is 6.92 Å². The van der Waals surface area contributed by atoms with E-state index in [9.17, 15) is 9.18 Å². The first kappa shape index (κ1) is 12.7. The molecule has 0 aliphatic carbocycles. The number of fused-ring (bicyclic) bond motifs is 2. The second-order valence-corrected chi connectivity index (χ2v) is 5.09. The van der Waals surface area contributed by atoms with Crippen LogP contribution in [0.1, 0.15) is 5.56 Å². The second-order valence-electron chi connectivity index (χ2n) is 5.09. The Kier molecular flexibility index (Phi) is 2.59. The third-order valence-electron chi connectivity index (χ3n) is 3.67. The van der Waals surface area contributed by atoms with Crippen molar-refractivity contribution >= 4 is 16.6 Å². The Hall–Kier alpha value is -3.02. The second kappa shape index (κ2) is 4.49. The standard InChI is InChI=1S/C16H11FN4O/c1-9-14(18-12-5-3-2-4-11(12)15(9)22)16-19-13-7-6-10(17)8-21(13)20-16/h2-8H,1H3,(H,18,22). The smallest absolute Gasteiger partial charge is 0.198 e. The number of aromatic nitrogens is 4. The number of benzene rings is 1. The Balaban J connectivity index is 2.03. The summed E-state index contributed by atoms with van der Waals surface area (Å²) in [5.41, 5.74) is 2.26. The van der Waals surface area contributed by atoms with Crippen molar-refractivity contribution in [3.8, 4) is 11.5 Å². The lowest BCUT2D eigenvalue weighted by atomic mass is 10.1. The summed E-state index contributed by atoms with van der Waals surface area (Å²) >= 11 is 0. The molecular weight excluding hydrogens is 283 g/mol. The fourth-order valence-corrected chi connectivity index (χ4v) is 2.52. The summed E-state index contributed by atoms with van der Waals surface area (Å²) in [6, 6.07) is 10.1. The van der Waals surface area contributed by atoms with Crippen LogP contribution in [-0.2, 0) is 0 Å². The van der Waals surface area contributed by atoms with Gasteiger partial charge in [0.25, 0.3) is 0 Å². The van der Waals surface area contributed by atoms with E-state index in [-0.39, 0.29) is 5.43 Å². The third kappa shape index (κ3) is 1.81. The molecule has 0 fully saturated rings. The van der Waals surface area contributed by atoms with Gasteiger partial charge in [-0.2, -0.15) is 0 Å². The van der Waals surface area contributed by atoms with Crippen LogP contribution in [0.15, 0.2) is 47.4 Å². The third-order valence-corrected chi connectivity index (χ3v) is 3.67. The summed E-state index contributed by atoms with van der Waals surface area (Å²) in [6.07, 6.45) is 1.25. The van der Waals surface area contributed by atoms with Crippen LogP contribution < -0.4 is 5.43 Å². The van der Waals surface area contributed by atoms with Crippen LogP contribution in [0.25, 0.3) is 28.1 Å². The van der Waals surface area contributed by atoms with E-state index in [0.717, 1.165) is 5.52 Å². The predicted molar refractivity (Wildman–Crippen MR) is 81.2 cm³/mol. The van der Waals surface area contributed by atoms with Crippen LogP contribution in [0.2, 0.25) is 0 Å². The van der Waals surface area contributed by atoms with E-state index in [1.54, 1.807) is 19.1 Å². The van der Waals surface area contributed by atoms with Crippen LogP contribution >= 0.6 is 0 Å². The Bertz CT molecular complexity index is 1080. The van der Waals surface area contributed by atoms with Gasteiger partial charge >= 0.3 is 0 Å². The van der Waals surface area contributed by atoms with Gasteiger partial charge in [-0.25, -0.2) is 13.9 Å². The first-order valence-corrected chi connectivity index (χ1v) is 6.77. The van der Waals surface area contributed by atoms with Gasteiger partial charge in [0.05, 0.1) is 11.9 Å². The van der Waals surface area contributed by atoms with Gasteiger partial charge in [-0.3, -0.25) is 4.79 Å². The highest BCUT2D eigenvalue weighted by Gasteiger charge is 2.14. The average molecular weight is 294 g/mol. The molecule has 22 heavy (non-hydrogen) atoms. The maximum Gasteiger partial charge on any atom is 0.198 e. The predicted octanol–water partition coefficient (Wildman–Crippen LogP) is 2.69. The van der Waals surface area contributed by atoms with Crippen LogP contribution in [0.5, 0.6) is 0 Å². The number of hydrogen-bond acceptors (Lipinski definition) is 3. The number of para-hydroxylation sites is 1. The molecule has 0 radical (unpaired) electrons. The fourth-order valence-electron chi connectivity index (χ4n) is 2.52. The van der Waals surface area contributed by atoms with Crippen molar-refractivity contribution in [3.63, 3.8) is 0 Å². The first-order chi connectivity index (χ1) is 10.6.